The Morgan fingerprint density at radius 3 is 1.92 bits per heavy atom. The minimum atomic E-state index is -2.87. The van der Waals surface area contributed by atoms with Crippen molar-refractivity contribution < 1.29 is 4.42 Å². The third kappa shape index (κ3) is 4.44. The molecule has 5 heteroatoms. The molecule has 8 aromatic carbocycles. The molecule has 0 spiro atoms. The molecule has 2 aromatic heterocycles. The number of furan rings is 1. The topological polar surface area (TPSA) is 21.3 Å². The average Bonchev–Trinajstić information content (AvgIpc) is 3.81. The third-order valence-corrected chi connectivity index (χ3v) is 19.1. The van der Waals surface area contributed by atoms with Crippen LogP contribution in [0.2, 0.25) is 0 Å². The highest BCUT2D eigenvalue weighted by molar-refractivity contribution is 7.21. The van der Waals surface area contributed by atoms with Crippen molar-refractivity contribution >= 4 is 107 Å². The number of benzene rings is 8. The minimum absolute atomic E-state index is 0.00529. The van der Waals surface area contributed by atoms with E-state index in [4.69, 9.17) is 4.42 Å². The molecule has 0 saturated heterocycles. The highest BCUT2D eigenvalue weighted by Crippen LogP contribution is 2.51. The lowest BCUT2D eigenvalue weighted by Crippen LogP contribution is -2.78. The SMILES string of the molecule is CC(C)(C)c1ccc2c(c1)c1cc(C(C)(C)C)cc3c1n2B1c2cccc4c2N(c2ccccc2[Si]4(c2ccccc2)c2ccccc2)c2cc4oc5ccccc5c4c-3c21. The van der Waals surface area contributed by atoms with Crippen LogP contribution >= 0.6 is 0 Å². The van der Waals surface area contributed by atoms with E-state index in [-0.39, 0.29) is 17.7 Å². The van der Waals surface area contributed by atoms with Gasteiger partial charge in [0.25, 0.3) is 0 Å². The van der Waals surface area contributed by atoms with Gasteiger partial charge in [0, 0.05) is 61.3 Å². The summed E-state index contributed by atoms with van der Waals surface area (Å²) in [6.07, 6.45) is 0. The maximum Gasteiger partial charge on any atom is 0.333 e. The number of hydrogen-bond donors (Lipinski definition) is 0. The minimum Gasteiger partial charge on any atom is -0.456 e. The number of rotatable bonds is 2. The Balaban J connectivity index is 1.27. The molecule has 292 valence electrons. The number of nitrogens with zero attached hydrogens (tertiary/aromatic N) is 2. The first kappa shape index (κ1) is 35.2. The highest BCUT2D eigenvalue weighted by Gasteiger charge is 2.54. The summed E-state index contributed by atoms with van der Waals surface area (Å²) in [7, 11) is -2.87. The molecule has 61 heavy (non-hydrogen) atoms. The van der Waals surface area contributed by atoms with Gasteiger partial charge in [-0.05, 0) is 95.6 Å². The van der Waals surface area contributed by atoms with Gasteiger partial charge in [0.15, 0.2) is 8.07 Å². The summed E-state index contributed by atoms with van der Waals surface area (Å²) in [4.78, 5) is 2.64. The fraction of sp³-hybridized carbons (Fsp3) is 0.143. The zero-order chi connectivity index (χ0) is 41.2. The van der Waals surface area contributed by atoms with Crippen molar-refractivity contribution in [3.05, 3.63) is 175 Å². The molecule has 13 rings (SSSR count). The monoisotopic (exact) mass is 800 g/mol. The van der Waals surface area contributed by atoms with Gasteiger partial charge in [0.1, 0.15) is 11.2 Å². The van der Waals surface area contributed by atoms with Crippen LogP contribution in [-0.4, -0.2) is 19.4 Å². The Morgan fingerprint density at radius 2 is 1.18 bits per heavy atom. The van der Waals surface area contributed by atoms with Gasteiger partial charge in [-0.25, -0.2) is 0 Å². The van der Waals surface area contributed by atoms with E-state index in [1.54, 1.807) is 0 Å². The largest absolute Gasteiger partial charge is 0.456 e. The van der Waals surface area contributed by atoms with Crippen molar-refractivity contribution in [1.29, 1.82) is 0 Å². The lowest BCUT2D eigenvalue weighted by molar-refractivity contribution is 0.590. The lowest BCUT2D eigenvalue weighted by atomic mass is 9.44. The van der Waals surface area contributed by atoms with Crippen molar-refractivity contribution in [3.8, 4) is 11.1 Å². The molecule has 0 N–H and O–H groups in total. The van der Waals surface area contributed by atoms with E-state index >= 15 is 0 Å². The Hall–Kier alpha value is -6.56. The van der Waals surface area contributed by atoms with Crippen LogP contribution in [0.25, 0.3) is 54.9 Å². The second-order valence-corrected chi connectivity index (χ2v) is 23.4. The van der Waals surface area contributed by atoms with Gasteiger partial charge < -0.3 is 13.8 Å². The highest BCUT2D eigenvalue weighted by atomic mass is 28.3. The van der Waals surface area contributed by atoms with E-state index in [9.17, 15) is 0 Å². The van der Waals surface area contributed by atoms with Crippen LogP contribution in [0.3, 0.4) is 0 Å². The predicted molar refractivity (Wildman–Crippen MR) is 262 cm³/mol. The van der Waals surface area contributed by atoms with Crippen molar-refractivity contribution in [2.45, 2.75) is 52.4 Å². The number of hydrogen-bond acceptors (Lipinski definition) is 2. The first-order chi connectivity index (χ1) is 29.5. The standard InChI is InChI=1S/C56H45BN2OSi/c1-55(2,3)34-28-29-43-39(30-34)40-31-35(56(4,5)6)32-41-51-50-38-22-13-15-25-46(38)60-47(50)33-45-52(51)57(59(43)53(40)41)42-23-17-27-49-54(42)58(45)44-24-14-16-26-48(44)61(49,36-18-9-7-10-19-36)37-20-11-8-12-21-37/h7-33H,1-6H3. The second kappa shape index (κ2) is 11.8. The van der Waals surface area contributed by atoms with E-state index in [1.165, 1.54) is 104 Å². The maximum absolute atomic E-state index is 6.99. The first-order valence-electron chi connectivity index (χ1n) is 21.8. The Bertz CT molecular complexity index is 3470. The van der Waals surface area contributed by atoms with Gasteiger partial charge in [0.05, 0.1) is 0 Å². The van der Waals surface area contributed by atoms with Crippen molar-refractivity contribution in [3.63, 3.8) is 0 Å². The van der Waals surface area contributed by atoms with Crippen molar-refractivity contribution in [2.75, 3.05) is 4.90 Å². The van der Waals surface area contributed by atoms with E-state index in [2.05, 4.69) is 215 Å². The van der Waals surface area contributed by atoms with Crippen LogP contribution in [0.4, 0.5) is 17.1 Å². The average molecular weight is 801 g/mol. The van der Waals surface area contributed by atoms with Gasteiger partial charge in [-0.2, -0.15) is 0 Å². The van der Waals surface area contributed by atoms with Crippen LogP contribution in [-0.2, 0) is 10.8 Å². The lowest BCUT2D eigenvalue weighted by Gasteiger charge is -2.49. The number of fused-ring (bicyclic) bond motifs is 13. The summed E-state index contributed by atoms with van der Waals surface area (Å²) in [6.45, 7) is 14.0. The van der Waals surface area contributed by atoms with Crippen LogP contribution in [0.5, 0.6) is 0 Å². The van der Waals surface area contributed by atoms with Gasteiger partial charge in [-0.3, -0.25) is 0 Å². The van der Waals surface area contributed by atoms with Gasteiger partial charge in [-0.15, -0.1) is 0 Å². The number of aromatic nitrogens is 1. The molecule has 0 bridgehead atoms. The van der Waals surface area contributed by atoms with Gasteiger partial charge in [0.2, 0.25) is 0 Å². The molecule has 0 aliphatic carbocycles. The van der Waals surface area contributed by atoms with Crippen LogP contribution in [0.1, 0.15) is 52.7 Å². The summed E-state index contributed by atoms with van der Waals surface area (Å²) in [5.41, 5.74) is 16.2. The van der Waals surface area contributed by atoms with Gasteiger partial charge >= 0.3 is 6.85 Å². The van der Waals surface area contributed by atoms with E-state index < -0.39 is 8.07 Å². The Kier molecular flexibility index (Phi) is 6.83. The molecule has 0 radical (unpaired) electrons. The van der Waals surface area contributed by atoms with Crippen molar-refractivity contribution in [1.82, 2.24) is 4.48 Å². The molecule has 0 unspecified atom stereocenters. The Morgan fingerprint density at radius 1 is 0.525 bits per heavy atom. The summed E-state index contributed by atoms with van der Waals surface area (Å²) in [6, 6.07) is 62.7. The van der Waals surface area contributed by atoms with E-state index in [0.29, 0.717) is 0 Å². The molecule has 3 aliphatic heterocycles. The van der Waals surface area contributed by atoms with Crippen LogP contribution < -0.4 is 36.6 Å². The fourth-order valence-electron chi connectivity index (χ4n) is 11.6. The normalized spacial score (nSPS) is 14.8. The summed E-state index contributed by atoms with van der Waals surface area (Å²) in [5.74, 6) is 0. The smallest absolute Gasteiger partial charge is 0.333 e. The molecule has 5 heterocycles. The molecule has 0 saturated carbocycles. The fourth-order valence-corrected chi connectivity index (χ4v) is 16.7. The number of para-hydroxylation sites is 3. The molecule has 0 amide bonds. The first-order valence-corrected chi connectivity index (χ1v) is 23.8. The number of anilines is 3. The molecule has 10 aromatic rings. The molecule has 0 atom stereocenters. The van der Waals surface area contributed by atoms with Crippen LogP contribution in [0, 0.1) is 0 Å². The van der Waals surface area contributed by atoms with E-state index in [1.807, 2.05) is 0 Å². The molecule has 0 fully saturated rings. The molecule has 3 aliphatic rings. The van der Waals surface area contributed by atoms with Crippen molar-refractivity contribution in [2.24, 2.45) is 0 Å². The summed E-state index contributed by atoms with van der Waals surface area (Å²) in [5, 5.41) is 10.7. The maximum atomic E-state index is 6.99. The van der Waals surface area contributed by atoms with Gasteiger partial charge in [-0.1, -0.05) is 163 Å². The second-order valence-electron chi connectivity index (χ2n) is 19.7. The Labute approximate surface area is 358 Å². The molecule has 3 nitrogen and oxygen atoms in total. The van der Waals surface area contributed by atoms with Crippen LogP contribution in [0.15, 0.2) is 168 Å². The third-order valence-electron chi connectivity index (χ3n) is 14.3. The molecular formula is C56H45BN2OSi. The zero-order valence-corrected chi connectivity index (χ0v) is 36.5. The summed E-state index contributed by atoms with van der Waals surface area (Å²) < 4.78 is 9.72. The van der Waals surface area contributed by atoms with E-state index in [0.717, 1.165) is 11.2 Å². The quantitative estimate of drug-likeness (QED) is 0.162. The zero-order valence-electron chi connectivity index (χ0n) is 35.5. The predicted octanol–water partition coefficient (Wildman–Crippen LogP) is 10.4. The molecular weight excluding hydrogens is 756 g/mol. The summed E-state index contributed by atoms with van der Waals surface area (Å²) >= 11 is 0.